The number of carbonyl (C=O) groups excluding carboxylic acids is 1. The van der Waals surface area contributed by atoms with Gasteiger partial charge in [0.05, 0.1) is 6.21 Å². The Morgan fingerprint density at radius 2 is 1.93 bits per heavy atom. The lowest BCUT2D eigenvalue weighted by Crippen LogP contribution is -2.16. The fourth-order valence-electron chi connectivity index (χ4n) is 2.90. The molecule has 0 radical (unpaired) electrons. The van der Waals surface area contributed by atoms with Gasteiger partial charge in [0.25, 0.3) is 0 Å². The lowest BCUT2D eigenvalue weighted by Gasteiger charge is -2.01. The predicted octanol–water partition coefficient (Wildman–Crippen LogP) is 4.36. The largest absolute Gasteiger partial charge is 0.481 e. The van der Waals surface area contributed by atoms with Gasteiger partial charge in [0.2, 0.25) is 0 Å². The maximum absolute atomic E-state index is 12.4. The van der Waals surface area contributed by atoms with Crippen LogP contribution in [0.15, 0.2) is 76.2 Å². The number of ether oxygens (including phenoxy) is 1. The monoisotopic (exact) mass is 368 g/mol. The summed E-state index contributed by atoms with van der Waals surface area (Å²) in [5.41, 5.74) is 3.96. The third-order valence-corrected chi connectivity index (χ3v) is 4.23. The third-order valence-electron chi connectivity index (χ3n) is 4.23. The predicted molar refractivity (Wildman–Crippen MR) is 110 cm³/mol. The van der Waals surface area contributed by atoms with Crippen molar-refractivity contribution in [3.63, 3.8) is 0 Å². The van der Waals surface area contributed by atoms with Crippen LogP contribution in [0.2, 0.25) is 0 Å². The van der Waals surface area contributed by atoms with Crippen LogP contribution >= 0.6 is 0 Å². The van der Waals surface area contributed by atoms with Gasteiger partial charge < -0.3 is 9.15 Å². The highest BCUT2D eigenvalue weighted by Crippen LogP contribution is 2.28. The molecule has 0 unspecified atom stereocenters. The van der Waals surface area contributed by atoms with Crippen molar-refractivity contribution in [3.05, 3.63) is 78.1 Å². The average Bonchev–Trinajstić information content (AvgIpc) is 3.18. The molecule has 0 aliphatic rings. The molecule has 3 aromatic carbocycles. The Morgan fingerprint density at radius 3 is 2.75 bits per heavy atom. The number of hydrogen-bond donors (Lipinski definition) is 1. The summed E-state index contributed by atoms with van der Waals surface area (Å²) >= 11 is 0. The van der Waals surface area contributed by atoms with Gasteiger partial charge in [0.1, 0.15) is 17.9 Å². The molecule has 1 aromatic heterocycles. The first-order valence-corrected chi connectivity index (χ1v) is 8.65. The van der Waals surface area contributed by atoms with Crippen molar-refractivity contribution < 1.29 is 13.9 Å². The summed E-state index contributed by atoms with van der Waals surface area (Å²) in [6.45, 7) is 0.219. The van der Waals surface area contributed by atoms with E-state index >= 15 is 0 Å². The van der Waals surface area contributed by atoms with Gasteiger partial charge in [0.15, 0.2) is 5.76 Å². The number of benzene rings is 3. The SMILES string of the molecule is C#CCOc1ccc(C=NNC(=O)c2cc3c(ccc4ccccc43)o2)cc1. The molecule has 0 aliphatic carbocycles. The first-order chi connectivity index (χ1) is 13.7. The molecule has 28 heavy (non-hydrogen) atoms. The number of carbonyl (C=O) groups is 1. The van der Waals surface area contributed by atoms with E-state index in [1.165, 1.54) is 0 Å². The Morgan fingerprint density at radius 1 is 1.11 bits per heavy atom. The van der Waals surface area contributed by atoms with Gasteiger partial charge in [-0.3, -0.25) is 4.79 Å². The van der Waals surface area contributed by atoms with Gasteiger partial charge in [-0.15, -0.1) is 6.42 Å². The second-order valence-electron chi connectivity index (χ2n) is 6.07. The van der Waals surface area contributed by atoms with Gasteiger partial charge >= 0.3 is 5.91 Å². The van der Waals surface area contributed by atoms with Crippen LogP contribution in [0.1, 0.15) is 16.1 Å². The lowest BCUT2D eigenvalue weighted by molar-refractivity contribution is 0.0929. The molecule has 4 aromatic rings. The second kappa shape index (κ2) is 7.68. The average molecular weight is 368 g/mol. The van der Waals surface area contributed by atoms with Gasteiger partial charge in [-0.2, -0.15) is 5.10 Å². The van der Waals surface area contributed by atoms with E-state index in [4.69, 9.17) is 15.6 Å². The Hall–Kier alpha value is -4.04. The molecule has 0 spiro atoms. The van der Waals surface area contributed by atoms with Crippen LogP contribution in [-0.4, -0.2) is 18.7 Å². The fraction of sp³-hybridized carbons (Fsp3) is 0.0435. The van der Waals surface area contributed by atoms with Crippen molar-refractivity contribution in [3.8, 4) is 18.1 Å². The summed E-state index contributed by atoms with van der Waals surface area (Å²) in [6, 6.07) is 20.7. The molecule has 1 heterocycles. The van der Waals surface area contributed by atoms with Gasteiger partial charge in [-0.1, -0.05) is 36.3 Å². The summed E-state index contributed by atoms with van der Waals surface area (Å²) in [7, 11) is 0. The molecule has 0 bridgehead atoms. The highest BCUT2D eigenvalue weighted by atomic mass is 16.5. The Balaban J connectivity index is 1.47. The zero-order valence-corrected chi connectivity index (χ0v) is 14.9. The van der Waals surface area contributed by atoms with Crippen molar-refractivity contribution in [1.82, 2.24) is 5.43 Å². The minimum Gasteiger partial charge on any atom is -0.481 e. The fourth-order valence-corrected chi connectivity index (χ4v) is 2.90. The second-order valence-corrected chi connectivity index (χ2v) is 6.07. The molecule has 0 saturated heterocycles. The quantitative estimate of drug-likeness (QED) is 0.323. The molecule has 1 N–H and O–H groups in total. The standard InChI is InChI=1S/C23H16N2O3/c1-2-13-27-18-10-7-16(8-11-18)15-24-25-23(26)22-14-20-19-6-4-3-5-17(19)9-12-21(20)28-22/h1,3-12,14-15H,13H2,(H,25,26). The zero-order valence-electron chi connectivity index (χ0n) is 14.9. The van der Waals surface area contributed by atoms with E-state index in [1.807, 2.05) is 48.5 Å². The lowest BCUT2D eigenvalue weighted by atomic mass is 10.1. The van der Waals surface area contributed by atoms with Crippen molar-refractivity contribution in [2.75, 3.05) is 6.61 Å². The van der Waals surface area contributed by atoms with Crippen LogP contribution in [0.5, 0.6) is 5.75 Å². The normalized spacial score (nSPS) is 11.0. The number of amides is 1. The Kier molecular flexibility index (Phi) is 4.77. The number of fused-ring (bicyclic) bond motifs is 3. The Labute approximate surface area is 161 Å². The minimum atomic E-state index is -0.412. The van der Waals surface area contributed by atoms with Gasteiger partial charge in [-0.05, 0) is 52.7 Å². The molecule has 1 amide bonds. The molecule has 136 valence electrons. The molecule has 0 saturated carbocycles. The summed E-state index contributed by atoms with van der Waals surface area (Å²) in [6.07, 6.45) is 6.70. The first-order valence-electron chi connectivity index (χ1n) is 8.65. The number of hydrazone groups is 1. The number of hydrogen-bond acceptors (Lipinski definition) is 4. The summed E-state index contributed by atoms with van der Waals surface area (Å²) in [4.78, 5) is 12.4. The van der Waals surface area contributed by atoms with Crippen LogP contribution in [0.4, 0.5) is 0 Å². The smallest absolute Gasteiger partial charge is 0.307 e. The third kappa shape index (κ3) is 3.57. The van der Waals surface area contributed by atoms with E-state index in [0.29, 0.717) is 11.3 Å². The maximum atomic E-state index is 12.4. The molecule has 4 rings (SSSR count). The summed E-state index contributed by atoms with van der Waals surface area (Å²) < 4.78 is 11.0. The highest BCUT2D eigenvalue weighted by Gasteiger charge is 2.13. The Bertz CT molecular complexity index is 1210. The van der Waals surface area contributed by atoms with E-state index < -0.39 is 5.91 Å². The summed E-state index contributed by atoms with van der Waals surface area (Å²) in [5.74, 6) is 2.88. The van der Waals surface area contributed by atoms with Crippen molar-refractivity contribution >= 4 is 33.9 Å². The van der Waals surface area contributed by atoms with E-state index in [9.17, 15) is 4.79 Å². The molecular formula is C23H16N2O3. The number of rotatable bonds is 5. The van der Waals surface area contributed by atoms with Gasteiger partial charge in [0, 0.05) is 5.39 Å². The van der Waals surface area contributed by atoms with E-state index in [1.54, 1.807) is 24.4 Å². The van der Waals surface area contributed by atoms with Crippen LogP contribution in [0, 0.1) is 12.3 Å². The van der Waals surface area contributed by atoms with E-state index in [-0.39, 0.29) is 12.4 Å². The van der Waals surface area contributed by atoms with Crippen LogP contribution < -0.4 is 10.2 Å². The number of nitrogens with one attached hydrogen (secondary N) is 1. The number of furan rings is 1. The maximum Gasteiger partial charge on any atom is 0.307 e. The number of terminal acetylenes is 1. The zero-order chi connectivity index (χ0) is 19.3. The van der Waals surface area contributed by atoms with Crippen molar-refractivity contribution in [2.45, 2.75) is 0 Å². The van der Waals surface area contributed by atoms with E-state index in [0.717, 1.165) is 21.7 Å². The van der Waals surface area contributed by atoms with Crippen molar-refractivity contribution in [2.24, 2.45) is 5.10 Å². The van der Waals surface area contributed by atoms with Crippen LogP contribution in [0.3, 0.4) is 0 Å². The molecule has 0 fully saturated rings. The topological polar surface area (TPSA) is 63.8 Å². The molecule has 5 nitrogen and oxygen atoms in total. The van der Waals surface area contributed by atoms with Crippen LogP contribution in [-0.2, 0) is 0 Å². The minimum absolute atomic E-state index is 0.210. The van der Waals surface area contributed by atoms with Crippen molar-refractivity contribution in [1.29, 1.82) is 0 Å². The number of nitrogens with zero attached hydrogens (tertiary/aromatic N) is 1. The molecule has 5 heteroatoms. The first kappa shape index (κ1) is 17.4. The van der Waals surface area contributed by atoms with Crippen LogP contribution in [0.25, 0.3) is 21.7 Å². The molecule has 0 atom stereocenters. The van der Waals surface area contributed by atoms with Gasteiger partial charge in [-0.25, -0.2) is 5.43 Å². The molecular weight excluding hydrogens is 352 g/mol. The molecule has 0 aliphatic heterocycles. The highest BCUT2D eigenvalue weighted by molar-refractivity contribution is 6.08. The summed E-state index contributed by atoms with van der Waals surface area (Å²) in [5, 5.41) is 7.02. The van der Waals surface area contributed by atoms with E-state index in [2.05, 4.69) is 16.4 Å².